The van der Waals surface area contributed by atoms with Gasteiger partial charge in [-0.1, -0.05) is 48.5 Å². The average Bonchev–Trinajstić information content (AvgIpc) is 2.15. The molecule has 0 rings (SSSR count). The lowest BCUT2D eigenvalue weighted by atomic mass is 9.92. The molecule has 0 aliphatic heterocycles. The summed E-state index contributed by atoms with van der Waals surface area (Å²) in [6.07, 6.45) is 2.25. The molecule has 0 fully saturated rings. The van der Waals surface area contributed by atoms with Crippen molar-refractivity contribution in [2.24, 2.45) is 11.3 Å². The molecule has 0 unspecified atom stereocenters. The number of hydrogen-bond acceptors (Lipinski definition) is 1. The van der Waals surface area contributed by atoms with Gasteiger partial charge < -0.3 is 4.90 Å². The molecule has 0 heterocycles. The summed E-state index contributed by atoms with van der Waals surface area (Å²) in [6.45, 7) is 16.3. The van der Waals surface area contributed by atoms with Gasteiger partial charge in [0.25, 0.3) is 0 Å². The van der Waals surface area contributed by atoms with E-state index in [1.807, 2.05) is 0 Å². The van der Waals surface area contributed by atoms with E-state index < -0.39 is 0 Å². The van der Waals surface area contributed by atoms with Crippen LogP contribution in [0.3, 0.4) is 0 Å². The molecule has 0 aliphatic carbocycles. The van der Waals surface area contributed by atoms with Gasteiger partial charge in [0.05, 0.1) is 0 Å². The van der Waals surface area contributed by atoms with Crippen LogP contribution in [0.1, 0.15) is 61.3 Å². The van der Waals surface area contributed by atoms with Crippen molar-refractivity contribution in [1.82, 2.24) is 4.90 Å². The third-order valence-electron chi connectivity index (χ3n) is 2.94. The highest BCUT2D eigenvalue weighted by molar-refractivity contribution is 5.84. The van der Waals surface area contributed by atoms with Gasteiger partial charge in [-0.25, -0.2) is 0 Å². The Hall–Kier alpha value is -0.530. The Balaban J connectivity index is 4.86. The summed E-state index contributed by atoms with van der Waals surface area (Å²) < 4.78 is 0. The van der Waals surface area contributed by atoms with E-state index in [1.54, 1.807) is 0 Å². The van der Waals surface area contributed by atoms with Crippen LogP contribution in [0.4, 0.5) is 0 Å². The van der Waals surface area contributed by atoms with Crippen molar-refractivity contribution >= 4 is 5.84 Å². The summed E-state index contributed by atoms with van der Waals surface area (Å²) in [7, 11) is 0. The molecule has 96 valence electrons. The van der Waals surface area contributed by atoms with Crippen LogP contribution in [-0.2, 0) is 0 Å². The summed E-state index contributed by atoms with van der Waals surface area (Å²) in [5.41, 5.74) is -0.0442. The lowest BCUT2D eigenvalue weighted by molar-refractivity contribution is 0.243. The van der Waals surface area contributed by atoms with Crippen LogP contribution in [0.15, 0.2) is 0 Å². The van der Waals surface area contributed by atoms with Crippen molar-refractivity contribution in [3.63, 3.8) is 0 Å². The van der Waals surface area contributed by atoms with E-state index in [2.05, 4.69) is 53.4 Å². The van der Waals surface area contributed by atoms with Crippen molar-refractivity contribution in [1.29, 1.82) is 5.41 Å². The quantitative estimate of drug-likeness (QED) is 0.553. The van der Waals surface area contributed by atoms with Crippen LogP contribution >= 0.6 is 0 Å². The monoisotopic (exact) mass is 226 g/mol. The smallest absolute Gasteiger partial charge is 0.102 e. The molecule has 0 radical (unpaired) electrons. The first kappa shape index (κ1) is 15.5. The van der Waals surface area contributed by atoms with Gasteiger partial charge >= 0.3 is 0 Å². The maximum absolute atomic E-state index is 8.35. The van der Waals surface area contributed by atoms with E-state index in [0.717, 1.165) is 25.2 Å². The molecule has 0 atom stereocenters. The fourth-order valence-corrected chi connectivity index (χ4v) is 1.98. The lowest BCUT2D eigenvalue weighted by Crippen LogP contribution is -2.46. The Morgan fingerprint density at radius 1 is 1.12 bits per heavy atom. The second-order valence-electron chi connectivity index (χ2n) is 6.12. The summed E-state index contributed by atoms with van der Waals surface area (Å²) >= 11 is 0. The van der Waals surface area contributed by atoms with Gasteiger partial charge in [-0.15, -0.1) is 0 Å². The second-order valence-corrected chi connectivity index (χ2v) is 6.12. The molecule has 1 N–H and O–H groups in total. The molecule has 0 spiro atoms. The minimum atomic E-state index is -0.0442. The van der Waals surface area contributed by atoms with Gasteiger partial charge in [0, 0.05) is 18.0 Å². The fraction of sp³-hybridized carbons (Fsp3) is 0.929. The highest BCUT2D eigenvalue weighted by atomic mass is 15.2. The molecule has 0 aromatic rings. The maximum Gasteiger partial charge on any atom is 0.102 e. The van der Waals surface area contributed by atoms with Crippen LogP contribution in [0.25, 0.3) is 0 Å². The molecule has 0 aromatic carbocycles. The predicted octanol–water partition coefficient (Wildman–Crippen LogP) is 4.16. The van der Waals surface area contributed by atoms with E-state index in [4.69, 9.17) is 5.41 Å². The molecular formula is C14H30N2. The number of amidine groups is 1. The molecule has 0 bridgehead atoms. The standard InChI is InChI=1S/C14H30N2/c1-8-12(9-2)16(10-11(3)4)13(15)14(5,6)7/h11-12,15H,8-10H2,1-7H3. The molecular weight excluding hydrogens is 196 g/mol. The normalized spacial score (nSPS) is 12.3. The first-order chi connectivity index (χ1) is 7.23. The van der Waals surface area contributed by atoms with Gasteiger partial charge in [-0.3, -0.25) is 5.41 Å². The number of rotatable bonds is 5. The molecule has 0 saturated heterocycles. The topological polar surface area (TPSA) is 27.1 Å². The minimum absolute atomic E-state index is 0.0442. The molecule has 0 amide bonds. The average molecular weight is 226 g/mol. The molecule has 0 saturated carbocycles. The lowest BCUT2D eigenvalue weighted by Gasteiger charge is -2.39. The first-order valence-electron chi connectivity index (χ1n) is 6.59. The predicted molar refractivity (Wildman–Crippen MR) is 73.1 cm³/mol. The van der Waals surface area contributed by atoms with Crippen LogP contribution < -0.4 is 0 Å². The summed E-state index contributed by atoms with van der Waals surface area (Å²) in [5.74, 6) is 1.40. The van der Waals surface area contributed by atoms with Gasteiger partial charge in [0.15, 0.2) is 0 Å². The highest BCUT2D eigenvalue weighted by Crippen LogP contribution is 2.22. The third-order valence-corrected chi connectivity index (χ3v) is 2.94. The van der Waals surface area contributed by atoms with E-state index in [9.17, 15) is 0 Å². The van der Waals surface area contributed by atoms with Crippen LogP contribution in [0, 0.1) is 16.7 Å². The fourth-order valence-electron chi connectivity index (χ4n) is 1.98. The van der Waals surface area contributed by atoms with Crippen LogP contribution in [0.2, 0.25) is 0 Å². The molecule has 2 heteroatoms. The van der Waals surface area contributed by atoms with Crippen molar-refractivity contribution in [2.75, 3.05) is 6.54 Å². The Kier molecular flexibility index (Phi) is 6.06. The van der Waals surface area contributed by atoms with Crippen molar-refractivity contribution in [3.05, 3.63) is 0 Å². The van der Waals surface area contributed by atoms with Crippen LogP contribution in [0.5, 0.6) is 0 Å². The molecule has 16 heavy (non-hydrogen) atoms. The summed E-state index contributed by atoms with van der Waals surface area (Å²) in [6, 6.07) is 0.522. The van der Waals surface area contributed by atoms with E-state index in [0.29, 0.717) is 12.0 Å². The summed E-state index contributed by atoms with van der Waals surface area (Å²) in [4.78, 5) is 2.31. The van der Waals surface area contributed by atoms with Gasteiger partial charge in [0.2, 0.25) is 0 Å². The molecule has 0 aromatic heterocycles. The Morgan fingerprint density at radius 2 is 1.56 bits per heavy atom. The van der Waals surface area contributed by atoms with E-state index in [-0.39, 0.29) is 5.41 Å². The SMILES string of the molecule is CCC(CC)N(CC(C)C)C(=N)C(C)(C)C. The van der Waals surface area contributed by atoms with E-state index in [1.165, 1.54) is 0 Å². The van der Waals surface area contributed by atoms with Gasteiger partial charge in [-0.2, -0.15) is 0 Å². The van der Waals surface area contributed by atoms with Crippen molar-refractivity contribution < 1.29 is 0 Å². The zero-order valence-electron chi connectivity index (χ0n) is 12.2. The first-order valence-corrected chi connectivity index (χ1v) is 6.59. The van der Waals surface area contributed by atoms with Crippen molar-refractivity contribution in [2.45, 2.75) is 67.3 Å². The molecule has 0 aliphatic rings. The molecule has 2 nitrogen and oxygen atoms in total. The van der Waals surface area contributed by atoms with Gasteiger partial charge in [0.1, 0.15) is 5.84 Å². The zero-order chi connectivity index (χ0) is 12.9. The number of hydrogen-bond donors (Lipinski definition) is 1. The van der Waals surface area contributed by atoms with Crippen molar-refractivity contribution in [3.8, 4) is 0 Å². The minimum Gasteiger partial charge on any atom is -0.357 e. The van der Waals surface area contributed by atoms with Gasteiger partial charge in [-0.05, 0) is 18.8 Å². The number of nitrogens with one attached hydrogen (secondary N) is 1. The Labute approximate surface area is 102 Å². The zero-order valence-corrected chi connectivity index (χ0v) is 12.2. The largest absolute Gasteiger partial charge is 0.357 e. The number of nitrogens with zero attached hydrogens (tertiary/aromatic N) is 1. The van der Waals surface area contributed by atoms with E-state index >= 15 is 0 Å². The summed E-state index contributed by atoms with van der Waals surface area (Å²) in [5, 5.41) is 8.35. The Morgan fingerprint density at radius 3 is 1.81 bits per heavy atom. The third kappa shape index (κ3) is 4.54. The van der Waals surface area contributed by atoms with Crippen LogP contribution in [-0.4, -0.2) is 23.3 Å². The Bertz CT molecular complexity index is 209. The maximum atomic E-state index is 8.35. The highest BCUT2D eigenvalue weighted by Gasteiger charge is 2.27. The second kappa shape index (κ2) is 6.27.